The van der Waals surface area contributed by atoms with Crippen molar-refractivity contribution in [2.45, 2.75) is 5.16 Å². The first-order valence-corrected chi connectivity index (χ1v) is 9.03. The summed E-state index contributed by atoms with van der Waals surface area (Å²) in [5.41, 5.74) is 1.34. The molecule has 0 N–H and O–H groups in total. The highest BCUT2D eigenvalue weighted by atomic mass is 32.2. The number of rotatable bonds is 6. The number of benzene rings is 2. The van der Waals surface area contributed by atoms with Crippen LogP contribution in [-0.2, 0) is 0 Å². The lowest BCUT2D eigenvalue weighted by Crippen LogP contribution is -2.23. The molecule has 0 aliphatic heterocycles. The number of thioether (sulfide) groups is 1. The Bertz CT molecular complexity index is 937. The molecule has 1 aromatic heterocycles. The Kier molecular flexibility index (Phi) is 5.40. The average molecular weight is 355 g/mol. The standard InChI is InChI=1S/C19H21N3O2S/c1-21(2)12-13-25-19-20-15-9-5-4-8-14(15)18(23)22(19)16-10-6-7-11-17(16)24-3/h4-11H,12-13H2,1-3H3. The van der Waals surface area contributed by atoms with Crippen molar-refractivity contribution in [1.29, 1.82) is 0 Å². The molecule has 130 valence electrons. The van der Waals surface area contributed by atoms with Crippen molar-refractivity contribution in [2.24, 2.45) is 0 Å². The maximum atomic E-state index is 13.2. The lowest BCUT2D eigenvalue weighted by atomic mass is 10.2. The van der Waals surface area contributed by atoms with Gasteiger partial charge < -0.3 is 9.64 Å². The summed E-state index contributed by atoms with van der Waals surface area (Å²) in [6.07, 6.45) is 0. The summed E-state index contributed by atoms with van der Waals surface area (Å²) in [5, 5.41) is 1.28. The van der Waals surface area contributed by atoms with Crippen LogP contribution >= 0.6 is 11.8 Å². The molecule has 3 rings (SSSR count). The maximum Gasteiger partial charge on any atom is 0.266 e. The number of ether oxygens (including phenoxy) is 1. The number of methoxy groups -OCH3 is 1. The largest absolute Gasteiger partial charge is 0.495 e. The fraction of sp³-hybridized carbons (Fsp3) is 0.263. The quantitative estimate of drug-likeness (QED) is 0.502. The Morgan fingerprint density at radius 2 is 1.84 bits per heavy atom. The van der Waals surface area contributed by atoms with Crippen molar-refractivity contribution in [2.75, 3.05) is 33.5 Å². The van der Waals surface area contributed by atoms with Crippen LogP contribution < -0.4 is 10.3 Å². The van der Waals surface area contributed by atoms with Gasteiger partial charge in [-0.1, -0.05) is 36.0 Å². The van der Waals surface area contributed by atoms with Crippen LogP contribution in [0.25, 0.3) is 16.6 Å². The third kappa shape index (κ3) is 3.70. The second kappa shape index (κ2) is 7.72. The van der Waals surface area contributed by atoms with E-state index < -0.39 is 0 Å². The summed E-state index contributed by atoms with van der Waals surface area (Å²) in [5.74, 6) is 1.49. The Morgan fingerprint density at radius 1 is 1.12 bits per heavy atom. The maximum absolute atomic E-state index is 13.2. The van der Waals surface area contributed by atoms with Crippen LogP contribution in [0.2, 0.25) is 0 Å². The van der Waals surface area contributed by atoms with Gasteiger partial charge in [-0.15, -0.1) is 0 Å². The molecule has 0 amide bonds. The molecule has 0 unspecified atom stereocenters. The summed E-state index contributed by atoms with van der Waals surface area (Å²) in [7, 11) is 5.67. The van der Waals surface area contributed by atoms with Gasteiger partial charge in [0.2, 0.25) is 0 Å². The third-order valence-electron chi connectivity index (χ3n) is 3.84. The predicted molar refractivity (Wildman–Crippen MR) is 103 cm³/mol. The number of aromatic nitrogens is 2. The van der Waals surface area contributed by atoms with E-state index in [1.807, 2.05) is 62.6 Å². The highest BCUT2D eigenvalue weighted by Gasteiger charge is 2.16. The van der Waals surface area contributed by atoms with Gasteiger partial charge in [0.1, 0.15) is 5.75 Å². The highest BCUT2D eigenvalue weighted by molar-refractivity contribution is 7.99. The van der Waals surface area contributed by atoms with Gasteiger partial charge in [-0.05, 0) is 38.4 Å². The van der Waals surface area contributed by atoms with E-state index in [1.165, 1.54) is 0 Å². The van der Waals surface area contributed by atoms with Crippen molar-refractivity contribution in [1.82, 2.24) is 14.5 Å². The van der Waals surface area contributed by atoms with E-state index in [4.69, 9.17) is 9.72 Å². The lowest BCUT2D eigenvalue weighted by Gasteiger charge is -2.16. The summed E-state index contributed by atoms with van der Waals surface area (Å²) < 4.78 is 7.11. The molecule has 2 aromatic carbocycles. The van der Waals surface area contributed by atoms with Gasteiger partial charge in [-0.25, -0.2) is 4.98 Å². The fourth-order valence-corrected chi connectivity index (χ4v) is 3.67. The minimum Gasteiger partial charge on any atom is -0.495 e. The zero-order chi connectivity index (χ0) is 17.8. The molecule has 0 atom stereocenters. The van der Waals surface area contributed by atoms with E-state index in [0.29, 0.717) is 27.5 Å². The van der Waals surface area contributed by atoms with Crippen molar-refractivity contribution < 1.29 is 4.74 Å². The van der Waals surface area contributed by atoms with Crippen LogP contribution in [0.4, 0.5) is 0 Å². The third-order valence-corrected chi connectivity index (χ3v) is 4.76. The second-order valence-electron chi connectivity index (χ2n) is 5.88. The molecule has 0 spiro atoms. The van der Waals surface area contributed by atoms with Crippen LogP contribution in [0.15, 0.2) is 58.5 Å². The molecule has 0 saturated carbocycles. The van der Waals surface area contributed by atoms with E-state index in [1.54, 1.807) is 23.4 Å². The second-order valence-corrected chi connectivity index (χ2v) is 6.94. The molecule has 0 bridgehead atoms. The number of para-hydroxylation sites is 3. The number of hydrogen-bond donors (Lipinski definition) is 0. The minimum absolute atomic E-state index is 0.0811. The topological polar surface area (TPSA) is 47.4 Å². The van der Waals surface area contributed by atoms with Crippen LogP contribution in [0, 0.1) is 0 Å². The molecule has 3 aromatic rings. The van der Waals surface area contributed by atoms with Crippen LogP contribution in [0.1, 0.15) is 0 Å². The molecule has 0 aliphatic rings. The predicted octanol–water partition coefficient (Wildman–Crippen LogP) is 3.05. The van der Waals surface area contributed by atoms with E-state index >= 15 is 0 Å². The first-order valence-electron chi connectivity index (χ1n) is 8.04. The molecule has 6 heteroatoms. The Balaban J connectivity index is 2.20. The molecule has 5 nitrogen and oxygen atoms in total. The van der Waals surface area contributed by atoms with Gasteiger partial charge in [0, 0.05) is 12.3 Å². The number of hydrogen-bond acceptors (Lipinski definition) is 5. The first kappa shape index (κ1) is 17.5. The Labute approximate surface area is 151 Å². The van der Waals surface area contributed by atoms with Gasteiger partial charge in [0.15, 0.2) is 5.16 Å². The van der Waals surface area contributed by atoms with Gasteiger partial charge in [0.25, 0.3) is 5.56 Å². The Morgan fingerprint density at radius 3 is 2.60 bits per heavy atom. The van der Waals surface area contributed by atoms with Gasteiger partial charge in [-0.2, -0.15) is 0 Å². The van der Waals surface area contributed by atoms with Crippen LogP contribution in [0.3, 0.4) is 0 Å². The van der Waals surface area contributed by atoms with Gasteiger partial charge >= 0.3 is 0 Å². The van der Waals surface area contributed by atoms with E-state index in [-0.39, 0.29) is 5.56 Å². The Hall–Kier alpha value is -2.31. The van der Waals surface area contributed by atoms with Crippen LogP contribution in [-0.4, -0.2) is 48.0 Å². The smallest absolute Gasteiger partial charge is 0.266 e. The minimum atomic E-state index is -0.0811. The number of nitrogens with zero attached hydrogens (tertiary/aromatic N) is 3. The summed E-state index contributed by atoms with van der Waals surface area (Å²) in [6, 6.07) is 15.0. The van der Waals surface area contributed by atoms with Crippen LogP contribution in [0.5, 0.6) is 5.75 Å². The number of fused-ring (bicyclic) bond motifs is 1. The van der Waals surface area contributed by atoms with Crippen molar-refractivity contribution in [3.63, 3.8) is 0 Å². The van der Waals surface area contributed by atoms with Crippen molar-refractivity contribution >= 4 is 22.7 Å². The molecule has 25 heavy (non-hydrogen) atoms. The monoisotopic (exact) mass is 355 g/mol. The summed E-state index contributed by atoms with van der Waals surface area (Å²) >= 11 is 1.57. The van der Waals surface area contributed by atoms with Crippen molar-refractivity contribution in [3.05, 3.63) is 58.9 Å². The van der Waals surface area contributed by atoms with E-state index in [9.17, 15) is 4.79 Å². The molecule has 0 saturated heterocycles. The average Bonchev–Trinajstić information content (AvgIpc) is 2.62. The molecular weight excluding hydrogens is 334 g/mol. The molecule has 0 fully saturated rings. The van der Waals surface area contributed by atoms with E-state index in [2.05, 4.69) is 4.90 Å². The highest BCUT2D eigenvalue weighted by Crippen LogP contribution is 2.26. The zero-order valence-corrected chi connectivity index (χ0v) is 15.4. The molecule has 0 radical (unpaired) electrons. The van der Waals surface area contributed by atoms with Crippen molar-refractivity contribution in [3.8, 4) is 11.4 Å². The molecule has 1 heterocycles. The molecule has 0 aliphatic carbocycles. The summed E-state index contributed by atoms with van der Waals surface area (Å²) in [4.78, 5) is 20.0. The van der Waals surface area contributed by atoms with Gasteiger partial charge in [0.05, 0.1) is 23.7 Å². The summed E-state index contributed by atoms with van der Waals surface area (Å²) in [6.45, 7) is 0.902. The zero-order valence-electron chi connectivity index (χ0n) is 14.6. The SMILES string of the molecule is COc1ccccc1-n1c(SCCN(C)C)nc2ccccc2c1=O. The van der Waals surface area contributed by atoms with E-state index in [0.717, 1.165) is 12.3 Å². The van der Waals surface area contributed by atoms with Gasteiger partial charge in [-0.3, -0.25) is 9.36 Å². The lowest BCUT2D eigenvalue weighted by molar-refractivity contribution is 0.411. The molecular formula is C19H21N3O2S. The normalized spacial score (nSPS) is 11.2. The fourth-order valence-electron chi connectivity index (χ4n) is 2.56. The first-order chi connectivity index (χ1) is 12.1.